The molecule has 0 aromatic rings. The van der Waals surface area contributed by atoms with Gasteiger partial charge in [-0.15, -0.1) is 0 Å². The van der Waals surface area contributed by atoms with Gasteiger partial charge >= 0.3 is 41.5 Å². The molecule has 0 aliphatic heterocycles. The van der Waals surface area contributed by atoms with Gasteiger partial charge in [0.25, 0.3) is 10.1 Å². The van der Waals surface area contributed by atoms with Gasteiger partial charge in [-0.05, 0) is 12.3 Å². The minimum absolute atomic E-state index is 0. The van der Waals surface area contributed by atoms with E-state index in [1.165, 1.54) is 0 Å². The summed E-state index contributed by atoms with van der Waals surface area (Å²) in [5.41, 5.74) is 0. The van der Waals surface area contributed by atoms with Crippen molar-refractivity contribution in [3.8, 4) is 0 Å². The Morgan fingerprint density at radius 2 is 1.76 bits per heavy atom. The van der Waals surface area contributed by atoms with Gasteiger partial charge in [0.1, 0.15) is 0 Å². The van der Waals surface area contributed by atoms with Crippen molar-refractivity contribution < 1.29 is 63.8 Å². The van der Waals surface area contributed by atoms with Gasteiger partial charge in [-0.25, -0.2) is 0 Å². The first-order valence-corrected chi connectivity index (χ1v) is 7.97. The van der Waals surface area contributed by atoms with E-state index >= 15 is 0 Å². The molecule has 0 rings (SSSR count). The average Bonchev–Trinajstić information content (AvgIpc) is 2.30. The molecule has 7 nitrogen and oxygen atoms in total. The van der Waals surface area contributed by atoms with Crippen molar-refractivity contribution in [2.24, 2.45) is 5.92 Å². The van der Waals surface area contributed by atoms with E-state index in [1.54, 1.807) is 6.92 Å². The van der Waals surface area contributed by atoms with E-state index in [4.69, 9.17) is 5.11 Å². The summed E-state index contributed by atoms with van der Waals surface area (Å²) in [4.78, 5) is 22.1. The molecular weight excluding hydrogens is 311 g/mol. The smallest absolute Gasteiger partial charge is 1.00 e. The molecule has 0 heterocycles. The summed E-state index contributed by atoms with van der Waals surface area (Å²) in [5, 5.41) is 18.0. The molecule has 0 aromatic carbocycles. The van der Waals surface area contributed by atoms with Crippen LogP contribution in [0.2, 0.25) is 0 Å². The number of unbranched alkanes of at least 4 members (excludes halogenated alkanes) is 1. The van der Waals surface area contributed by atoms with Gasteiger partial charge < -0.3 is 11.6 Å². The fourth-order valence-corrected chi connectivity index (χ4v) is 3.17. The number of aliphatic carboxylic acids is 2. The maximum atomic E-state index is 11.5. The van der Waals surface area contributed by atoms with Crippen LogP contribution in [-0.4, -0.2) is 39.9 Å². The molecule has 0 aliphatic rings. The van der Waals surface area contributed by atoms with Crippen molar-refractivity contribution in [3.63, 3.8) is 0 Å². The van der Waals surface area contributed by atoms with Crippen LogP contribution >= 0.6 is 0 Å². The quantitative estimate of drug-likeness (QED) is 0.341. The Morgan fingerprint density at radius 1 is 1.24 bits per heavy atom. The summed E-state index contributed by atoms with van der Waals surface area (Å²) in [6, 6.07) is 0. The van der Waals surface area contributed by atoms with Crippen LogP contribution in [0.15, 0.2) is 0 Å². The molecule has 120 valence electrons. The standard InChI is InChI=1S/C12H22O7S.Na.H/c1-3-5-6-9(4-2)7-12(11(15)16,8-10(13)14)20(17,18)19;;/h9H,3-8H2,1-2H3,(H,13,14)(H,15,16)(H,17,18,19);;/q;+1;-1. The summed E-state index contributed by atoms with van der Waals surface area (Å²) in [7, 11) is -5.03. The molecular formula is C12H23NaO7S. The van der Waals surface area contributed by atoms with Gasteiger partial charge in [-0.1, -0.05) is 39.5 Å². The topological polar surface area (TPSA) is 129 Å². The third kappa shape index (κ3) is 6.65. The summed E-state index contributed by atoms with van der Waals surface area (Å²) in [6.07, 6.45) is 1.21. The predicted molar refractivity (Wildman–Crippen MR) is 73.2 cm³/mol. The van der Waals surface area contributed by atoms with Gasteiger partial charge in [0, 0.05) is 0 Å². The van der Waals surface area contributed by atoms with Gasteiger partial charge in [0.15, 0.2) is 0 Å². The van der Waals surface area contributed by atoms with E-state index in [0.717, 1.165) is 12.8 Å². The molecule has 0 saturated heterocycles. The van der Waals surface area contributed by atoms with E-state index in [2.05, 4.69) is 0 Å². The Bertz CT molecular complexity index is 454. The molecule has 0 aliphatic carbocycles. The van der Waals surface area contributed by atoms with Crippen molar-refractivity contribution in [2.75, 3.05) is 0 Å². The number of rotatable bonds is 10. The zero-order valence-electron chi connectivity index (χ0n) is 13.7. The van der Waals surface area contributed by atoms with Crippen LogP contribution in [0.4, 0.5) is 0 Å². The number of carboxylic acid groups (broad SMARTS) is 2. The molecule has 0 radical (unpaired) electrons. The van der Waals surface area contributed by atoms with E-state index in [1.807, 2.05) is 6.92 Å². The molecule has 3 N–H and O–H groups in total. The minimum Gasteiger partial charge on any atom is -1.00 e. The fraction of sp³-hybridized carbons (Fsp3) is 0.833. The second-order valence-corrected chi connectivity index (χ2v) is 6.70. The maximum Gasteiger partial charge on any atom is 1.00 e. The first-order valence-electron chi connectivity index (χ1n) is 6.53. The zero-order chi connectivity index (χ0) is 16.0. The van der Waals surface area contributed by atoms with Crippen molar-refractivity contribution in [2.45, 2.75) is 57.1 Å². The fourth-order valence-electron chi connectivity index (χ4n) is 2.20. The number of carbonyl (C=O) groups is 2. The maximum absolute atomic E-state index is 11.5. The third-order valence-corrected chi connectivity index (χ3v) is 4.96. The van der Waals surface area contributed by atoms with Crippen LogP contribution in [0.25, 0.3) is 0 Å². The van der Waals surface area contributed by atoms with Crippen LogP contribution in [0.3, 0.4) is 0 Å². The van der Waals surface area contributed by atoms with E-state index in [0.29, 0.717) is 12.8 Å². The Morgan fingerprint density at radius 3 is 2.05 bits per heavy atom. The first kappa shape index (κ1) is 23.1. The Kier molecular flexibility index (Phi) is 10.8. The Hall–Kier alpha value is -0.150. The summed E-state index contributed by atoms with van der Waals surface area (Å²) < 4.78 is 29.5. The molecule has 2 atom stereocenters. The van der Waals surface area contributed by atoms with Crippen LogP contribution < -0.4 is 29.6 Å². The van der Waals surface area contributed by atoms with Crippen molar-refractivity contribution in [1.82, 2.24) is 0 Å². The molecule has 2 unspecified atom stereocenters. The monoisotopic (exact) mass is 334 g/mol. The summed E-state index contributed by atoms with van der Waals surface area (Å²) >= 11 is 0. The van der Waals surface area contributed by atoms with Gasteiger partial charge in [0.05, 0.1) is 6.42 Å². The minimum atomic E-state index is -5.03. The number of hydrogen-bond donors (Lipinski definition) is 3. The molecule has 0 amide bonds. The SMILES string of the molecule is CCCCC(CC)CC(CC(=O)O)(C(=O)O)S(=O)(=O)O.[H-].[Na+]. The van der Waals surface area contributed by atoms with E-state index in [-0.39, 0.29) is 36.9 Å². The summed E-state index contributed by atoms with van der Waals surface area (Å²) in [6.45, 7) is 3.72. The second kappa shape index (κ2) is 9.78. The zero-order valence-corrected chi connectivity index (χ0v) is 15.5. The summed E-state index contributed by atoms with van der Waals surface area (Å²) in [5.74, 6) is -3.67. The van der Waals surface area contributed by atoms with Crippen LogP contribution in [0.1, 0.15) is 53.8 Å². The third-order valence-electron chi connectivity index (χ3n) is 3.48. The molecule has 0 saturated carbocycles. The van der Waals surface area contributed by atoms with Gasteiger partial charge in [-0.2, -0.15) is 8.42 Å². The van der Waals surface area contributed by atoms with Crippen LogP contribution in [0.5, 0.6) is 0 Å². The average molecular weight is 334 g/mol. The molecule has 21 heavy (non-hydrogen) atoms. The molecule has 0 fully saturated rings. The molecule has 0 bridgehead atoms. The van der Waals surface area contributed by atoms with Crippen molar-refractivity contribution >= 4 is 22.1 Å². The first-order chi connectivity index (χ1) is 9.10. The normalized spacial score (nSPS) is 15.6. The molecule has 9 heteroatoms. The number of carboxylic acids is 2. The van der Waals surface area contributed by atoms with Crippen molar-refractivity contribution in [1.29, 1.82) is 0 Å². The molecule has 0 aromatic heterocycles. The van der Waals surface area contributed by atoms with E-state index in [9.17, 15) is 27.7 Å². The Labute approximate surface area is 148 Å². The van der Waals surface area contributed by atoms with Crippen LogP contribution in [0, 0.1) is 5.92 Å². The Balaban J connectivity index is -0.00000180. The van der Waals surface area contributed by atoms with Crippen LogP contribution in [-0.2, 0) is 19.7 Å². The number of hydrogen-bond acceptors (Lipinski definition) is 4. The van der Waals surface area contributed by atoms with Gasteiger partial charge in [0.2, 0.25) is 4.75 Å². The van der Waals surface area contributed by atoms with E-state index < -0.39 is 39.6 Å². The second-order valence-electron chi connectivity index (χ2n) is 4.97. The largest absolute Gasteiger partial charge is 1.00 e. The van der Waals surface area contributed by atoms with Crippen molar-refractivity contribution in [3.05, 3.63) is 0 Å². The predicted octanol–water partition coefficient (Wildman–Crippen LogP) is -1.10. The van der Waals surface area contributed by atoms with Gasteiger partial charge in [-0.3, -0.25) is 14.1 Å². The molecule has 0 spiro atoms.